The molecule has 1 N–H and O–H groups in total. The minimum atomic E-state index is -0.141. The van der Waals surface area contributed by atoms with E-state index in [0.717, 1.165) is 19.4 Å². The fraction of sp³-hybridized carbons (Fsp3) is 0.929. The molecule has 0 radical (unpaired) electrons. The lowest BCUT2D eigenvalue weighted by molar-refractivity contribution is -0.134. The van der Waals surface area contributed by atoms with Gasteiger partial charge in [0, 0.05) is 18.5 Å². The van der Waals surface area contributed by atoms with Crippen molar-refractivity contribution in [3.8, 4) is 0 Å². The molecular weight excluding hydrogens is 294 g/mol. The summed E-state index contributed by atoms with van der Waals surface area (Å²) in [5.74, 6) is 0.833. The fourth-order valence-electron chi connectivity index (χ4n) is 2.96. The van der Waals surface area contributed by atoms with Crippen LogP contribution in [-0.4, -0.2) is 30.0 Å². The van der Waals surface area contributed by atoms with E-state index in [1.165, 1.54) is 32.1 Å². The van der Waals surface area contributed by atoms with E-state index in [4.69, 9.17) is 4.74 Å². The lowest BCUT2D eigenvalue weighted by Crippen LogP contribution is -2.44. The molecule has 2 rings (SSSR count). The van der Waals surface area contributed by atoms with E-state index in [9.17, 15) is 4.79 Å². The zero-order valence-corrected chi connectivity index (χ0v) is 12.8. The van der Waals surface area contributed by atoms with E-state index in [0.29, 0.717) is 17.2 Å². The first kappa shape index (κ1) is 14.3. The van der Waals surface area contributed by atoms with Crippen LogP contribution >= 0.6 is 15.9 Å². The summed E-state index contributed by atoms with van der Waals surface area (Å²) in [4.78, 5) is 12.6. The van der Waals surface area contributed by atoms with Crippen LogP contribution in [0.4, 0.5) is 0 Å². The topological polar surface area (TPSA) is 38.3 Å². The lowest BCUT2D eigenvalue weighted by Gasteiger charge is -2.40. The molecule has 1 amide bonds. The zero-order chi connectivity index (χ0) is 13.0. The van der Waals surface area contributed by atoms with Gasteiger partial charge < -0.3 is 10.1 Å². The van der Waals surface area contributed by atoms with Crippen LogP contribution in [-0.2, 0) is 9.53 Å². The standard InChI is InChI=1S/C14H24BrNO2/c1-18-14(7-2-8-14)9-13(17)16-10-11-3-5-12(15)6-4-11/h11-12H,2-10H2,1H3,(H,16,17). The molecule has 0 aromatic carbocycles. The van der Waals surface area contributed by atoms with Gasteiger partial charge in [-0.05, 0) is 50.9 Å². The first-order valence-electron chi connectivity index (χ1n) is 7.09. The molecule has 3 nitrogen and oxygen atoms in total. The van der Waals surface area contributed by atoms with Gasteiger partial charge in [0.15, 0.2) is 0 Å². The number of rotatable bonds is 5. The van der Waals surface area contributed by atoms with Gasteiger partial charge in [0.25, 0.3) is 0 Å². The van der Waals surface area contributed by atoms with Gasteiger partial charge in [0.05, 0.1) is 12.0 Å². The molecule has 2 aliphatic carbocycles. The number of carbonyl (C=O) groups excluding carboxylic acids is 1. The summed E-state index contributed by atoms with van der Waals surface area (Å²) in [7, 11) is 1.73. The molecule has 0 heterocycles. The molecule has 104 valence electrons. The number of alkyl halides is 1. The van der Waals surface area contributed by atoms with Crippen molar-refractivity contribution in [3.63, 3.8) is 0 Å². The highest BCUT2D eigenvalue weighted by atomic mass is 79.9. The molecule has 0 aromatic rings. The Hall–Kier alpha value is -0.0900. The first-order valence-corrected chi connectivity index (χ1v) is 8.01. The van der Waals surface area contributed by atoms with E-state index < -0.39 is 0 Å². The van der Waals surface area contributed by atoms with Crippen LogP contribution in [0.15, 0.2) is 0 Å². The summed E-state index contributed by atoms with van der Waals surface area (Å²) >= 11 is 3.66. The summed E-state index contributed by atoms with van der Waals surface area (Å²) in [6.07, 6.45) is 8.73. The zero-order valence-electron chi connectivity index (χ0n) is 11.2. The minimum Gasteiger partial charge on any atom is -0.378 e. The number of ether oxygens (including phenoxy) is 1. The monoisotopic (exact) mass is 317 g/mol. The van der Waals surface area contributed by atoms with E-state index in [1.54, 1.807) is 7.11 Å². The van der Waals surface area contributed by atoms with Gasteiger partial charge in [-0.15, -0.1) is 0 Å². The van der Waals surface area contributed by atoms with Crippen LogP contribution in [0.3, 0.4) is 0 Å². The smallest absolute Gasteiger partial charge is 0.222 e. The average Bonchev–Trinajstić information content (AvgIpc) is 2.33. The number of halogens is 1. The Morgan fingerprint density at radius 2 is 2.00 bits per heavy atom. The molecule has 0 bridgehead atoms. The second-order valence-corrected chi connectivity index (χ2v) is 7.13. The number of hydrogen-bond acceptors (Lipinski definition) is 2. The molecule has 0 aliphatic heterocycles. The molecule has 0 saturated heterocycles. The summed E-state index contributed by atoms with van der Waals surface area (Å²) in [5, 5.41) is 3.09. The highest BCUT2D eigenvalue weighted by molar-refractivity contribution is 9.09. The second-order valence-electron chi connectivity index (χ2n) is 5.84. The number of nitrogens with one attached hydrogen (secondary N) is 1. The highest BCUT2D eigenvalue weighted by Crippen LogP contribution is 2.37. The third-order valence-corrected chi connectivity index (χ3v) is 5.46. The highest BCUT2D eigenvalue weighted by Gasteiger charge is 2.39. The summed E-state index contributed by atoms with van der Waals surface area (Å²) in [5.41, 5.74) is -0.141. The Balaban J connectivity index is 1.65. The number of amides is 1. The first-order chi connectivity index (χ1) is 8.63. The maximum absolute atomic E-state index is 11.9. The molecular formula is C14H24BrNO2. The molecule has 0 spiro atoms. The molecule has 2 fully saturated rings. The van der Waals surface area contributed by atoms with Crippen LogP contribution in [0, 0.1) is 5.92 Å². The quantitative estimate of drug-likeness (QED) is 0.791. The van der Waals surface area contributed by atoms with Crippen molar-refractivity contribution >= 4 is 21.8 Å². The Bertz CT molecular complexity index is 278. The van der Waals surface area contributed by atoms with Crippen LogP contribution in [0.2, 0.25) is 0 Å². The summed E-state index contributed by atoms with van der Waals surface area (Å²) in [6, 6.07) is 0. The number of hydrogen-bond donors (Lipinski definition) is 1. The Morgan fingerprint density at radius 1 is 1.33 bits per heavy atom. The van der Waals surface area contributed by atoms with Gasteiger partial charge in [-0.3, -0.25) is 4.79 Å². The predicted octanol–water partition coefficient (Wildman–Crippen LogP) is 3.02. The third-order valence-electron chi connectivity index (χ3n) is 4.54. The van der Waals surface area contributed by atoms with Crippen molar-refractivity contribution in [1.82, 2.24) is 5.32 Å². The van der Waals surface area contributed by atoms with E-state index >= 15 is 0 Å². The van der Waals surface area contributed by atoms with Gasteiger partial charge in [-0.25, -0.2) is 0 Å². The van der Waals surface area contributed by atoms with E-state index in [1.807, 2.05) is 0 Å². The Kier molecular flexibility index (Phi) is 5.07. The van der Waals surface area contributed by atoms with Crippen molar-refractivity contribution in [3.05, 3.63) is 0 Å². The molecule has 0 aromatic heterocycles. The van der Waals surface area contributed by atoms with Crippen molar-refractivity contribution in [2.45, 2.75) is 61.8 Å². The van der Waals surface area contributed by atoms with Crippen LogP contribution < -0.4 is 5.32 Å². The fourth-order valence-corrected chi connectivity index (χ4v) is 3.49. The van der Waals surface area contributed by atoms with Crippen molar-refractivity contribution in [2.24, 2.45) is 5.92 Å². The molecule has 0 unspecified atom stereocenters. The van der Waals surface area contributed by atoms with E-state index in [-0.39, 0.29) is 11.5 Å². The van der Waals surface area contributed by atoms with Gasteiger partial charge in [-0.2, -0.15) is 0 Å². The third kappa shape index (κ3) is 3.70. The Labute approximate surface area is 118 Å². The van der Waals surface area contributed by atoms with Crippen molar-refractivity contribution < 1.29 is 9.53 Å². The molecule has 2 aliphatic rings. The van der Waals surface area contributed by atoms with Gasteiger partial charge in [0.2, 0.25) is 5.91 Å². The normalized spacial score (nSPS) is 30.6. The lowest BCUT2D eigenvalue weighted by atomic mass is 9.77. The Morgan fingerprint density at radius 3 is 2.50 bits per heavy atom. The largest absolute Gasteiger partial charge is 0.378 e. The van der Waals surface area contributed by atoms with Crippen LogP contribution in [0.5, 0.6) is 0 Å². The van der Waals surface area contributed by atoms with E-state index in [2.05, 4.69) is 21.2 Å². The molecule has 0 atom stereocenters. The SMILES string of the molecule is COC1(CC(=O)NCC2CCC(Br)CC2)CCC1. The summed E-state index contributed by atoms with van der Waals surface area (Å²) < 4.78 is 5.48. The molecule has 18 heavy (non-hydrogen) atoms. The minimum absolute atomic E-state index is 0.141. The summed E-state index contributed by atoms with van der Waals surface area (Å²) in [6.45, 7) is 0.846. The van der Waals surface area contributed by atoms with Crippen LogP contribution in [0.1, 0.15) is 51.4 Å². The maximum Gasteiger partial charge on any atom is 0.222 e. The number of methoxy groups -OCH3 is 1. The maximum atomic E-state index is 11.9. The van der Waals surface area contributed by atoms with Crippen molar-refractivity contribution in [2.75, 3.05) is 13.7 Å². The van der Waals surface area contributed by atoms with Crippen LogP contribution in [0.25, 0.3) is 0 Å². The van der Waals surface area contributed by atoms with Gasteiger partial charge >= 0.3 is 0 Å². The second kappa shape index (κ2) is 6.38. The molecule has 2 saturated carbocycles. The predicted molar refractivity (Wildman–Crippen MR) is 75.9 cm³/mol. The molecule has 4 heteroatoms. The van der Waals surface area contributed by atoms with Gasteiger partial charge in [0.1, 0.15) is 0 Å². The van der Waals surface area contributed by atoms with Gasteiger partial charge in [-0.1, -0.05) is 15.9 Å². The van der Waals surface area contributed by atoms with Crippen molar-refractivity contribution in [1.29, 1.82) is 0 Å². The average molecular weight is 318 g/mol. The number of carbonyl (C=O) groups is 1.